The molecule has 1 aliphatic rings. The summed E-state index contributed by atoms with van der Waals surface area (Å²) < 4.78 is 0. The topological polar surface area (TPSA) is 85.0 Å². The van der Waals surface area contributed by atoms with E-state index in [1.165, 1.54) is 4.90 Å². The molecule has 6 nitrogen and oxygen atoms in total. The van der Waals surface area contributed by atoms with Crippen molar-refractivity contribution in [3.63, 3.8) is 0 Å². The van der Waals surface area contributed by atoms with E-state index in [0.717, 1.165) is 5.56 Å². The van der Waals surface area contributed by atoms with Crippen LogP contribution in [0.2, 0.25) is 0 Å². The molecule has 1 saturated heterocycles. The van der Waals surface area contributed by atoms with Crippen LogP contribution in [0.15, 0.2) is 30.3 Å². The highest BCUT2D eigenvalue weighted by molar-refractivity contribution is 6.24. The van der Waals surface area contributed by atoms with Crippen LogP contribution in [0.25, 0.3) is 11.4 Å². The number of halogens is 1. The first-order valence-electron chi connectivity index (χ1n) is 6.15. The summed E-state index contributed by atoms with van der Waals surface area (Å²) in [5, 5.41) is -0.222. The number of anilines is 2. The Bertz CT molecular complexity index is 648. The van der Waals surface area contributed by atoms with Crippen LogP contribution >= 0.6 is 11.6 Å². The van der Waals surface area contributed by atoms with Gasteiger partial charge in [-0.25, -0.2) is 0 Å². The molecule has 1 aliphatic heterocycles. The standard InChI is InChI=1S/C13H12ClN5O/c14-9-6-10(20)19(7-9)13-17-11(16-12(15)18-13)8-4-2-1-3-5-8/h1-5,9H,6-7H2,(H2,15,16,17,18). The zero-order chi connectivity index (χ0) is 14.1. The first-order valence-corrected chi connectivity index (χ1v) is 6.58. The Balaban J connectivity index is 2.01. The van der Waals surface area contributed by atoms with Gasteiger partial charge >= 0.3 is 0 Å². The molecule has 1 unspecified atom stereocenters. The fraction of sp³-hybridized carbons (Fsp3) is 0.231. The molecule has 20 heavy (non-hydrogen) atoms. The van der Waals surface area contributed by atoms with E-state index in [4.69, 9.17) is 17.3 Å². The van der Waals surface area contributed by atoms with Crippen LogP contribution < -0.4 is 10.6 Å². The van der Waals surface area contributed by atoms with Crippen molar-refractivity contribution in [1.29, 1.82) is 0 Å². The lowest BCUT2D eigenvalue weighted by molar-refractivity contribution is -0.117. The molecule has 7 heteroatoms. The van der Waals surface area contributed by atoms with Crippen LogP contribution in [0.4, 0.5) is 11.9 Å². The average molecular weight is 290 g/mol. The summed E-state index contributed by atoms with van der Waals surface area (Å²) in [6.45, 7) is 0.387. The van der Waals surface area contributed by atoms with Gasteiger partial charge in [0.15, 0.2) is 5.82 Å². The van der Waals surface area contributed by atoms with Gasteiger partial charge in [-0.2, -0.15) is 15.0 Å². The molecule has 0 saturated carbocycles. The summed E-state index contributed by atoms with van der Waals surface area (Å²) in [6, 6.07) is 9.40. The van der Waals surface area contributed by atoms with Crippen molar-refractivity contribution in [2.24, 2.45) is 0 Å². The van der Waals surface area contributed by atoms with Crippen molar-refractivity contribution in [3.05, 3.63) is 30.3 Å². The van der Waals surface area contributed by atoms with E-state index in [1.807, 2.05) is 30.3 Å². The summed E-state index contributed by atoms with van der Waals surface area (Å²) >= 11 is 5.98. The number of rotatable bonds is 2. The molecule has 0 spiro atoms. The van der Waals surface area contributed by atoms with Crippen molar-refractivity contribution < 1.29 is 4.79 Å². The molecule has 102 valence electrons. The summed E-state index contributed by atoms with van der Waals surface area (Å²) in [7, 11) is 0. The van der Waals surface area contributed by atoms with Crippen LogP contribution in [-0.2, 0) is 4.79 Å². The van der Waals surface area contributed by atoms with Gasteiger partial charge in [0, 0.05) is 18.5 Å². The van der Waals surface area contributed by atoms with Crippen LogP contribution in [0.5, 0.6) is 0 Å². The average Bonchev–Trinajstić information content (AvgIpc) is 2.78. The van der Waals surface area contributed by atoms with Crippen molar-refractivity contribution >= 4 is 29.4 Å². The second-order valence-corrected chi connectivity index (χ2v) is 5.11. The molecule has 0 radical (unpaired) electrons. The van der Waals surface area contributed by atoms with Crippen LogP contribution in [0.3, 0.4) is 0 Å². The summed E-state index contributed by atoms with van der Waals surface area (Å²) in [6.07, 6.45) is 0.286. The third kappa shape index (κ3) is 2.42. The van der Waals surface area contributed by atoms with Crippen LogP contribution in [0.1, 0.15) is 6.42 Å². The lowest BCUT2D eigenvalue weighted by Gasteiger charge is -2.14. The maximum absolute atomic E-state index is 11.8. The number of carbonyl (C=O) groups is 1. The predicted octanol–water partition coefficient (Wildman–Crippen LogP) is 1.46. The number of nitrogen functional groups attached to an aromatic ring is 1. The van der Waals surface area contributed by atoms with Gasteiger partial charge in [0.1, 0.15) is 0 Å². The highest BCUT2D eigenvalue weighted by Crippen LogP contribution is 2.23. The molecule has 0 bridgehead atoms. The van der Waals surface area contributed by atoms with E-state index in [-0.39, 0.29) is 29.6 Å². The van der Waals surface area contributed by atoms with E-state index >= 15 is 0 Å². The minimum Gasteiger partial charge on any atom is -0.368 e. The van der Waals surface area contributed by atoms with Gasteiger partial charge in [0.25, 0.3) is 0 Å². The van der Waals surface area contributed by atoms with Gasteiger partial charge in [-0.15, -0.1) is 11.6 Å². The summed E-state index contributed by atoms with van der Waals surface area (Å²) in [4.78, 5) is 25.7. The third-order valence-corrected chi connectivity index (χ3v) is 3.28. The molecule has 1 fully saturated rings. The predicted molar refractivity (Wildman–Crippen MR) is 76.3 cm³/mol. The fourth-order valence-corrected chi connectivity index (χ4v) is 2.35. The smallest absolute Gasteiger partial charge is 0.237 e. The maximum atomic E-state index is 11.8. The molecule has 2 heterocycles. The van der Waals surface area contributed by atoms with Gasteiger partial charge in [-0.05, 0) is 0 Å². The molecular weight excluding hydrogens is 278 g/mol. The molecule has 3 rings (SSSR count). The Morgan fingerprint density at radius 1 is 1.20 bits per heavy atom. The molecule has 0 aliphatic carbocycles. The quantitative estimate of drug-likeness (QED) is 0.846. The zero-order valence-corrected chi connectivity index (χ0v) is 11.3. The minimum absolute atomic E-state index is 0.0830. The summed E-state index contributed by atoms with van der Waals surface area (Å²) in [5.41, 5.74) is 6.53. The number of hydrogen-bond donors (Lipinski definition) is 1. The molecule has 1 atom stereocenters. The lowest BCUT2D eigenvalue weighted by Crippen LogP contribution is -2.27. The Morgan fingerprint density at radius 2 is 1.95 bits per heavy atom. The minimum atomic E-state index is -0.222. The Kier molecular flexibility index (Phi) is 3.23. The summed E-state index contributed by atoms with van der Waals surface area (Å²) in [5.74, 6) is 0.678. The van der Waals surface area contributed by atoms with E-state index in [0.29, 0.717) is 12.4 Å². The Hall–Kier alpha value is -2.21. The van der Waals surface area contributed by atoms with Crippen molar-refractivity contribution in [3.8, 4) is 11.4 Å². The molecule has 1 amide bonds. The number of benzene rings is 1. The second kappa shape index (κ2) is 5.05. The van der Waals surface area contributed by atoms with Gasteiger partial charge in [0.05, 0.1) is 5.38 Å². The molecule has 2 N–H and O–H groups in total. The van der Waals surface area contributed by atoms with E-state index in [9.17, 15) is 4.79 Å². The van der Waals surface area contributed by atoms with Crippen molar-refractivity contribution in [1.82, 2.24) is 15.0 Å². The van der Waals surface area contributed by atoms with Gasteiger partial charge in [0.2, 0.25) is 17.8 Å². The van der Waals surface area contributed by atoms with Crippen molar-refractivity contribution in [2.45, 2.75) is 11.8 Å². The Morgan fingerprint density at radius 3 is 2.60 bits per heavy atom. The number of aromatic nitrogens is 3. The number of amides is 1. The van der Waals surface area contributed by atoms with E-state index in [2.05, 4.69) is 15.0 Å². The Labute approximate surface area is 120 Å². The molecule has 2 aromatic rings. The van der Waals surface area contributed by atoms with Gasteiger partial charge in [-0.1, -0.05) is 30.3 Å². The largest absolute Gasteiger partial charge is 0.368 e. The zero-order valence-electron chi connectivity index (χ0n) is 10.5. The number of alkyl halides is 1. The first-order chi connectivity index (χ1) is 9.63. The number of hydrogen-bond acceptors (Lipinski definition) is 5. The number of nitrogens with zero attached hydrogens (tertiary/aromatic N) is 4. The second-order valence-electron chi connectivity index (χ2n) is 4.49. The molecule has 1 aromatic heterocycles. The van der Waals surface area contributed by atoms with Crippen molar-refractivity contribution in [2.75, 3.05) is 17.2 Å². The van der Waals surface area contributed by atoms with Gasteiger partial charge in [-0.3, -0.25) is 9.69 Å². The third-order valence-electron chi connectivity index (χ3n) is 2.99. The highest BCUT2D eigenvalue weighted by atomic mass is 35.5. The number of carbonyl (C=O) groups excluding carboxylic acids is 1. The van der Waals surface area contributed by atoms with E-state index < -0.39 is 0 Å². The lowest BCUT2D eigenvalue weighted by atomic mass is 10.2. The maximum Gasteiger partial charge on any atom is 0.237 e. The highest BCUT2D eigenvalue weighted by Gasteiger charge is 2.31. The monoisotopic (exact) mass is 289 g/mol. The van der Waals surface area contributed by atoms with Crippen LogP contribution in [-0.4, -0.2) is 32.8 Å². The van der Waals surface area contributed by atoms with Gasteiger partial charge < -0.3 is 5.73 Å². The SMILES string of the molecule is Nc1nc(-c2ccccc2)nc(N2CC(Cl)CC2=O)n1. The normalized spacial score (nSPS) is 18.6. The molecule has 1 aromatic carbocycles. The first kappa shape index (κ1) is 12.8. The van der Waals surface area contributed by atoms with Crippen LogP contribution in [0, 0.1) is 0 Å². The fourth-order valence-electron chi connectivity index (χ4n) is 2.08. The molecular formula is C13H12ClN5O. The van der Waals surface area contributed by atoms with E-state index in [1.54, 1.807) is 0 Å². The number of nitrogens with two attached hydrogens (primary N) is 1.